The standard InChI is InChI=1S/C11H14FN.ClH/c12-10-5-3-9(4-6-10)11(13)7-8-1-2-8;/h3-6,8,11H,1-2,7,13H2;1H/t11-;/m0./s1. The van der Waals surface area contributed by atoms with E-state index in [4.69, 9.17) is 5.73 Å². The van der Waals surface area contributed by atoms with Crippen LogP contribution in [0.1, 0.15) is 30.9 Å². The lowest BCUT2D eigenvalue weighted by atomic mass is 10.0. The van der Waals surface area contributed by atoms with Crippen molar-refractivity contribution < 1.29 is 4.39 Å². The molecule has 0 radical (unpaired) electrons. The van der Waals surface area contributed by atoms with E-state index in [0.29, 0.717) is 0 Å². The van der Waals surface area contributed by atoms with Gasteiger partial charge in [-0.25, -0.2) is 4.39 Å². The van der Waals surface area contributed by atoms with E-state index in [1.807, 2.05) is 0 Å². The molecular formula is C11H15ClFN. The van der Waals surface area contributed by atoms with Gasteiger partial charge in [0.25, 0.3) is 0 Å². The highest BCUT2D eigenvalue weighted by molar-refractivity contribution is 5.85. The average Bonchev–Trinajstić information content (AvgIpc) is 2.89. The summed E-state index contributed by atoms with van der Waals surface area (Å²) in [5.41, 5.74) is 7.01. The van der Waals surface area contributed by atoms with Crippen molar-refractivity contribution in [2.24, 2.45) is 11.7 Å². The van der Waals surface area contributed by atoms with Crippen molar-refractivity contribution in [1.29, 1.82) is 0 Å². The van der Waals surface area contributed by atoms with E-state index in [1.165, 1.54) is 25.0 Å². The Balaban J connectivity index is 0.000000980. The predicted molar refractivity (Wildman–Crippen MR) is 57.9 cm³/mol. The topological polar surface area (TPSA) is 26.0 Å². The monoisotopic (exact) mass is 215 g/mol. The maximum absolute atomic E-state index is 12.6. The van der Waals surface area contributed by atoms with Gasteiger partial charge in [-0.1, -0.05) is 25.0 Å². The fourth-order valence-electron chi connectivity index (χ4n) is 1.56. The Hall–Kier alpha value is -0.600. The summed E-state index contributed by atoms with van der Waals surface area (Å²) < 4.78 is 12.6. The van der Waals surface area contributed by atoms with Gasteiger partial charge in [-0.3, -0.25) is 0 Å². The summed E-state index contributed by atoms with van der Waals surface area (Å²) in [6.07, 6.45) is 3.68. The molecule has 1 aromatic carbocycles. The molecule has 0 unspecified atom stereocenters. The summed E-state index contributed by atoms with van der Waals surface area (Å²) in [6.45, 7) is 0. The average molecular weight is 216 g/mol. The first-order valence-electron chi connectivity index (χ1n) is 4.77. The Labute approximate surface area is 89.9 Å². The second-order valence-electron chi connectivity index (χ2n) is 3.84. The lowest BCUT2D eigenvalue weighted by Crippen LogP contribution is -2.10. The SMILES string of the molecule is Cl.N[C@@H](CC1CC1)c1ccc(F)cc1. The molecule has 1 saturated carbocycles. The van der Waals surface area contributed by atoms with Crippen LogP contribution < -0.4 is 5.73 Å². The van der Waals surface area contributed by atoms with Crippen LogP contribution in [0.25, 0.3) is 0 Å². The number of nitrogens with two attached hydrogens (primary N) is 1. The van der Waals surface area contributed by atoms with Crippen LogP contribution in [0.3, 0.4) is 0 Å². The molecule has 0 heterocycles. The quantitative estimate of drug-likeness (QED) is 0.824. The first-order valence-corrected chi connectivity index (χ1v) is 4.77. The van der Waals surface area contributed by atoms with Gasteiger partial charge in [0.1, 0.15) is 5.82 Å². The Bertz CT molecular complexity index is 282. The van der Waals surface area contributed by atoms with Crippen molar-refractivity contribution in [1.82, 2.24) is 0 Å². The van der Waals surface area contributed by atoms with E-state index in [0.717, 1.165) is 17.9 Å². The van der Waals surface area contributed by atoms with Crippen LogP contribution in [-0.2, 0) is 0 Å². The zero-order valence-electron chi connectivity index (χ0n) is 7.95. The summed E-state index contributed by atoms with van der Waals surface area (Å²) in [5, 5.41) is 0. The van der Waals surface area contributed by atoms with E-state index in [2.05, 4.69) is 0 Å². The first-order chi connectivity index (χ1) is 6.25. The summed E-state index contributed by atoms with van der Waals surface area (Å²) in [7, 11) is 0. The van der Waals surface area contributed by atoms with Gasteiger partial charge in [-0.05, 0) is 30.0 Å². The fourth-order valence-corrected chi connectivity index (χ4v) is 1.56. The minimum Gasteiger partial charge on any atom is -0.324 e. The molecule has 0 bridgehead atoms. The van der Waals surface area contributed by atoms with E-state index in [-0.39, 0.29) is 24.3 Å². The van der Waals surface area contributed by atoms with Gasteiger partial charge < -0.3 is 5.73 Å². The zero-order valence-corrected chi connectivity index (χ0v) is 8.77. The Morgan fingerprint density at radius 1 is 1.29 bits per heavy atom. The maximum Gasteiger partial charge on any atom is 0.123 e. The van der Waals surface area contributed by atoms with Crippen LogP contribution >= 0.6 is 12.4 Å². The molecule has 1 aliphatic carbocycles. The summed E-state index contributed by atoms with van der Waals surface area (Å²) in [4.78, 5) is 0. The lowest BCUT2D eigenvalue weighted by molar-refractivity contribution is 0.591. The molecule has 0 spiro atoms. The molecule has 2 N–H and O–H groups in total. The van der Waals surface area contributed by atoms with Crippen molar-refractivity contribution in [3.05, 3.63) is 35.6 Å². The third kappa shape index (κ3) is 2.96. The molecule has 1 aromatic rings. The molecule has 2 rings (SSSR count). The molecule has 0 aliphatic heterocycles. The van der Waals surface area contributed by atoms with Gasteiger partial charge in [0.2, 0.25) is 0 Å². The zero-order chi connectivity index (χ0) is 9.26. The molecule has 1 fully saturated rings. The Morgan fingerprint density at radius 3 is 2.36 bits per heavy atom. The minimum absolute atomic E-state index is 0. The Morgan fingerprint density at radius 2 is 1.86 bits per heavy atom. The van der Waals surface area contributed by atoms with Gasteiger partial charge in [0.15, 0.2) is 0 Å². The molecule has 0 saturated heterocycles. The highest BCUT2D eigenvalue weighted by Crippen LogP contribution is 2.36. The van der Waals surface area contributed by atoms with Crippen molar-refractivity contribution >= 4 is 12.4 Å². The number of rotatable bonds is 3. The number of benzene rings is 1. The van der Waals surface area contributed by atoms with E-state index >= 15 is 0 Å². The van der Waals surface area contributed by atoms with Gasteiger partial charge in [0.05, 0.1) is 0 Å². The van der Waals surface area contributed by atoms with E-state index in [9.17, 15) is 4.39 Å². The van der Waals surface area contributed by atoms with Crippen molar-refractivity contribution in [3.8, 4) is 0 Å². The van der Waals surface area contributed by atoms with E-state index in [1.54, 1.807) is 12.1 Å². The molecular weight excluding hydrogens is 201 g/mol. The maximum atomic E-state index is 12.6. The van der Waals surface area contributed by atoms with Gasteiger partial charge in [-0.15, -0.1) is 12.4 Å². The van der Waals surface area contributed by atoms with Crippen molar-refractivity contribution in [2.45, 2.75) is 25.3 Å². The summed E-state index contributed by atoms with van der Waals surface area (Å²) in [5.74, 6) is 0.627. The second-order valence-corrected chi connectivity index (χ2v) is 3.84. The van der Waals surface area contributed by atoms with Crippen LogP contribution in [0, 0.1) is 11.7 Å². The summed E-state index contributed by atoms with van der Waals surface area (Å²) in [6, 6.07) is 6.60. The normalized spacial score (nSPS) is 17.3. The highest BCUT2D eigenvalue weighted by atomic mass is 35.5. The molecule has 78 valence electrons. The van der Waals surface area contributed by atoms with Crippen LogP contribution in [0.5, 0.6) is 0 Å². The third-order valence-corrected chi connectivity index (χ3v) is 2.58. The van der Waals surface area contributed by atoms with Gasteiger partial charge >= 0.3 is 0 Å². The molecule has 0 aromatic heterocycles. The molecule has 3 heteroatoms. The van der Waals surface area contributed by atoms with Crippen molar-refractivity contribution in [3.63, 3.8) is 0 Å². The fraction of sp³-hybridized carbons (Fsp3) is 0.455. The number of hydrogen-bond donors (Lipinski definition) is 1. The molecule has 0 amide bonds. The largest absolute Gasteiger partial charge is 0.324 e. The number of hydrogen-bond acceptors (Lipinski definition) is 1. The first kappa shape index (κ1) is 11.5. The van der Waals surface area contributed by atoms with E-state index < -0.39 is 0 Å². The van der Waals surface area contributed by atoms with Crippen molar-refractivity contribution in [2.75, 3.05) is 0 Å². The molecule has 1 aliphatic rings. The lowest BCUT2D eigenvalue weighted by Gasteiger charge is -2.10. The number of halogens is 2. The second kappa shape index (κ2) is 4.76. The Kier molecular flexibility index (Phi) is 3.90. The highest BCUT2D eigenvalue weighted by Gasteiger charge is 2.24. The predicted octanol–water partition coefficient (Wildman–Crippen LogP) is 3.05. The van der Waals surface area contributed by atoms with Crippen LogP contribution in [0.2, 0.25) is 0 Å². The minimum atomic E-state index is -0.192. The van der Waals surface area contributed by atoms with Gasteiger partial charge in [0, 0.05) is 6.04 Å². The smallest absolute Gasteiger partial charge is 0.123 e. The summed E-state index contributed by atoms with van der Waals surface area (Å²) >= 11 is 0. The van der Waals surface area contributed by atoms with Crippen LogP contribution in [-0.4, -0.2) is 0 Å². The van der Waals surface area contributed by atoms with Gasteiger partial charge in [-0.2, -0.15) is 0 Å². The third-order valence-electron chi connectivity index (χ3n) is 2.58. The molecule has 1 atom stereocenters. The van der Waals surface area contributed by atoms with Crippen LogP contribution in [0.15, 0.2) is 24.3 Å². The van der Waals surface area contributed by atoms with Crippen LogP contribution in [0.4, 0.5) is 4.39 Å². The molecule has 1 nitrogen and oxygen atoms in total. The molecule has 14 heavy (non-hydrogen) atoms.